The van der Waals surface area contributed by atoms with Crippen molar-refractivity contribution in [2.45, 2.75) is 159 Å². The molecule has 0 unspecified atom stereocenters. The number of hydrogen-bond donors (Lipinski definition) is 1. The molecule has 6 nitrogen and oxygen atoms in total. The normalized spacial score (nSPS) is 10.4. The first kappa shape index (κ1) is 59.6. The molecule has 0 aromatic heterocycles. The van der Waals surface area contributed by atoms with Gasteiger partial charge in [0.25, 0.3) is 0 Å². The van der Waals surface area contributed by atoms with Crippen LogP contribution in [0.3, 0.4) is 0 Å². The van der Waals surface area contributed by atoms with Crippen molar-refractivity contribution in [3.05, 3.63) is 103 Å². The summed E-state index contributed by atoms with van der Waals surface area (Å²) in [6.07, 6.45) is 0. The molecule has 0 heterocycles. The van der Waals surface area contributed by atoms with E-state index in [0.29, 0.717) is 34.0 Å². The van der Waals surface area contributed by atoms with Crippen LogP contribution < -0.4 is 5.73 Å². The van der Waals surface area contributed by atoms with E-state index in [2.05, 4.69) is 185 Å². The smallest absolute Gasteiger partial charge is 0.524 e. The first-order chi connectivity index (χ1) is 24.2. The fraction of sp³-hybridized carbons (Fsp3) is 0.581. The average Bonchev–Trinajstić information content (AvgIpc) is 3.01. The van der Waals surface area contributed by atoms with Gasteiger partial charge in [-0.25, -0.2) is 0 Å². The van der Waals surface area contributed by atoms with E-state index in [1.807, 2.05) is 0 Å². The second-order valence-corrected chi connectivity index (χ2v) is 25.7. The van der Waals surface area contributed by atoms with Gasteiger partial charge in [-0.1, -0.05) is 112 Å². The average molecular weight is 878 g/mol. The molecule has 3 aromatic rings. The zero-order valence-electron chi connectivity index (χ0n) is 37.3. The topological polar surface area (TPSA) is 116 Å². The van der Waals surface area contributed by atoms with Crippen molar-refractivity contribution in [2.24, 2.45) is 5.73 Å². The van der Waals surface area contributed by atoms with E-state index in [-0.39, 0.29) is 38.5 Å². The van der Waals surface area contributed by atoms with Crippen LogP contribution in [0.1, 0.15) is 116 Å². The molecule has 3 aromatic carbocycles. The molecule has 3 rings (SSSR count). The van der Waals surface area contributed by atoms with E-state index >= 15 is 0 Å². The Balaban J connectivity index is -0.000000325. The molecule has 1 radical (unpaired) electrons. The van der Waals surface area contributed by atoms with Crippen LogP contribution in [0.25, 0.3) is 15.3 Å². The van der Waals surface area contributed by atoms with Crippen LogP contribution in [0, 0.1) is 52.3 Å². The van der Waals surface area contributed by atoms with Gasteiger partial charge in [-0.05, 0) is 132 Å². The van der Waals surface area contributed by atoms with E-state index < -0.39 is 24.2 Å². The molecule has 54 heavy (non-hydrogen) atoms. The summed E-state index contributed by atoms with van der Waals surface area (Å²) in [5.74, 6) is 0. The standard InChI is InChI=1S/3C14H24NP.CH5N.Co.N2.Ti/c3*1-10(2)16(11(3)4)15-14-8-12(5)7-13(6)9-14;1-2;;1-2;/h3*7-11,16H,1-6H3;2H2,1H3;;;/q;;;;+2;;+2. The zero-order valence-corrected chi connectivity index (χ0v) is 42.9. The van der Waals surface area contributed by atoms with Crippen LogP contribution in [-0.4, -0.2) is 41.0 Å². The summed E-state index contributed by atoms with van der Waals surface area (Å²) in [5.41, 5.74) is 20.1. The molecule has 0 saturated carbocycles. The van der Waals surface area contributed by atoms with Gasteiger partial charge in [-0.3, -0.25) is 0 Å². The molecular formula is C43H77CoN6P3Ti+4. The summed E-state index contributed by atoms with van der Waals surface area (Å²) < 4.78 is 0. The van der Waals surface area contributed by atoms with E-state index in [9.17, 15) is 0 Å². The van der Waals surface area contributed by atoms with Gasteiger partial charge < -0.3 is 21.0 Å². The van der Waals surface area contributed by atoms with Gasteiger partial charge in [0.1, 0.15) is 0 Å². The van der Waals surface area contributed by atoms with Gasteiger partial charge in [0, 0.05) is 10.8 Å². The first-order valence-electron chi connectivity index (χ1n) is 19.0. The molecule has 2 N–H and O–H groups in total. The number of hydrogen-bond acceptors (Lipinski definition) is 3. The fourth-order valence-electron chi connectivity index (χ4n) is 6.27. The third-order valence-electron chi connectivity index (χ3n) is 7.94. The maximum atomic E-state index is 6.00. The Hall–Kier alpha value is -1.05. The molecule has 11 heteroatoms. The van der Waals surface area contributed by atoms with Crippen LogP contribution in [-0.2, 0) is 38.5 Å². The van der Waals surface area contributed by atoms with E-state index in [1.54, 1.807) is 0 Å². The van der Waals surface area contributed by atoms with Gasteiger partial charge in [-0.2, -0.15) is 0 Å². The van der Waals surface area contributed by atoms with Crippen molar-refractivity contribution >= 4 is 41.3 Å². The molecule has 0 fully saturated rings. The Morgan fingerprint density at radius 2 is 0.500 bits per heavy atom. The minimum atomic E-state index is -0.639. The Bertz CT molecular complexity index is 1180. The molecule has 0 bridgehead atoms. The number of nitrogens with zero attached hydrogens (tertiary/aromatic N) is 5. The monoisotopic (exact) mass is 877 g/mol. The van der Waals surface area contributed by atoms with Gasteiger partial charge in [0.15, 0.2) is 0 Å². The van der Waals surface area contributed by atoms with Gasteiger partial charge in [0.2, 0.25) is 0 Å². The third kappa shape index (κ3) is 25.3. The van der Waals surface area contributed by atoms with E-state index in [1.165, 1.54) is 57.5 Å². The van der Waals surface area contributed by atoms with Gasteiger partial charge in [0.05, 0.1) is 34.0 Å². The number of rotatable bonds is 12. The SMILES string of the molecule is CN.Cc1cc(C)cc([N-][PH+](C(C)C)C(C)C)c1.Cc1cc(C)cc([N-][PH+](C(C)C)C(C)C)c1.Cc1cc(C)cc([N-][PH+](C(C)C)C(C)C)c1.N#N.[Co+2].[Ti+2]. The van der Waals surface area contributed by atoms with Crippen LogP contribution in [0.15, 0.2) is 54.6 Å². The van der Waals surface area contributed by atoms with Crippen molar-refractivity contribution in [2.75, 3.05) is 7.05 Å². The fourth-order valence-corrected chi connectivity index (χ4v) is 13.1. The predicted octanol–water partition coefficient (Wildman–Crippen LogP) is 15.4. The minimum absolute atomic E-state index is 0. The number of nitrogens with two attached hydrogens (primary N) is 1. The van der Waals surface area contributed by atoms with Crippen molar-refractivity contribution in [3.8, 4) is 0 Å². The predicted molar refractivity (Wildman–Crippen MR) is 246 cm³/mol. The quantitative estimate of drug-likeness (QED) is 0.111. The second-order valence-electron chi connectivity index (χ2n) is 15.6. The Labute approximate surface area is 362 Å². The second kappa shape index (κ2) is 32.0. The number of benzene rings is 3. The number of aryl methyl sites for hydroxylation is 6. The maximum absolute atomic E-state index is 6.00. The molecule has 0 saturated heterocycles. The Morgan fingerprint density at radius 1 is 0.370 bits per heavy atom. The molecule has 0 aliphatic heterocycles. The Morgan fingerprint density at radius 3 is 0.611 bits per heavy atom. The summed E-state index contributed by atoms with van der Waals surface area (Å²) in [7, 11) is -0.417. The summed E-state index contributed by atoms with van der Waals surface area (Å²) in [6, 6.07) is 19.8. The van der Waals surface area contributed by atoms with E-state index in [4.69, 9.17) is 26.0 Å². The van der Waals surface area contributed by atoms with Crippen LogP contribution in [0.4, 0.5) is 17.1 Å². The summed E-state index contributed by atoms with van der Waals surface area (Å²) >= 11 is 0. The van der Waals surface area contributed by atoms with Crippen molar-refractivity contribution in [3.63, 3.8) is 0 Å². The van der Waals surface area contributed by atoms with E-state index in [0.717, 1.165) is 0 Å². The van der Waals surface area contributed by atoms with Crippen LogP contribution in [0.2, 0.25) is 0 Å². The maximum Gasteiger partial charge on any atom is 2.00 e. The summed E-state index contributed by atoms with van der Waals surface area (Å²) in [4.78, 5) is 0. The molecule has 0 aliphatic carbocycles. The molecule has 0 amide bonds. The molecular weight excluding hydrogens is 800 g/mol. The van der Waals surface area contributed by atoms with Crippen molar-refractivity contribution in [1.29, 1.82) is 10.8 Å². The summed E-state index contributed by atoms with van der Waals surface area (Å²) in [6.45, 7) is 40.4. The molecule has 0 atom stereocenters. The van der Waals surface area contributed by atoms with Crippen LogP contribution >= 0.6 is 24.2 Å². The van der Waals surface area contributed by atoms with Crippen molar-refractivity contribution < 1.29 is 38.5 Å². The third-order valence-corrected chi connectivity index (χ3v) is 16.6. The van der Waals surface area contributed by atoms with Crippen LogP contribution in [0.5, 0.6) is 0 Å². The van der Waals surface area contributed by atoms with Gasteiger partial charge >= 0.3 is 38.5 Å². The Kier molecular flexibility index (Phi) is 35.3. The molecule has 303 valence electrons. The zero-order chi connectivity index (χ0) is 40.9. The molecule has 0 aliphatic rings. The largest absolute Gasteiger partial charge is 2.00 e. The molecule has 0 spiro atoms. The first-order valence-corrected chi connectivity index (χ1v) is 23.8. The summed E-state index contributed by atoms with van der Waals surface area (Å²) in [5, 5.41) is 26.9. The van der Waals surface area contributed by atoms with Crippen molar-refractivity contribution in [1.82, 2.24) is 0 Å². The minimum Gasteiger partial charge on any atom is -0.524 e. The van der Waals surface area contributed by atoms with Gasteiger partial charge in [-0.15, -0.1) is 17.1 Å².